The highest BCUT2D eigenvalue weighted by atomic mass is 32.1. The summed E-state index contributed by atoms with van der Waals surface area (Å²) in [4.78, 5) is 29.5. The van der Waals surface area contributed by atoms with Crippen LogP contribution in [0.1, 0.15) is 20.9 Å². The fourth-order valence-electron chi connectivity index (χ4n) is 3.13. The van der Waals surface area contributed by atoms with Gasteiger partial charge in [0.25, 0.3) is 5.91 Å². The topological polar surface area (TPSA) is 71.1 Å². The number of amides is 2. The number of aromatic nitrogens is 1. The monoisotopic (exact) mass is 427 g/mol. The van der Waals surface area contributed by atoms with Crippen LogP contribution in [-0.4, -0.2) is 23.3 Å². The van der Waals surface area contributed by atoms with E-state index in [9.17, 15) is 9.59 Å². The van der Waals surface area contributed by atoms with Crippen LogP contribution in [0.4, 0.5) is 5.69 Å². The minimum atomic E-state index is -0.316. The Balaban J connectivity index is 1.38. The fraction of sp³-hybridized carbons (Fsp3) is 0.0800. The van der Waals surface area contributed by atoms with Gasteiger partial charge in [-0.05, 0) is 42.3 Å². The molecule has 0 saturated heterocycles. The van der Waals surface area contributed by atoms with Gasteiger partial charge in [-0.15, -0.1) is 11.3 Å². The van der Waals surface area contributed by atoms with E-state index in [0.717, 1.165) is 27.2 Å². The van der Waals surface area contributed by atoms with E-state index in [1.165, 1.54) is 17.4 Å². The molecule has 4 rings (SSSR count). The second-order valence-electron chi connectivity index (χ2n) is 6.88. The summed E-state index contributed by atoms with van der Waals surface area (Å²) in [6.45, 7) is 0.517. The molecule has 0 radical (unpaired) electrons. The lowest BCUT2D eigenvalue weighted by Crippen LogP contribution is -2.27. The molecule has 4 aromatic rings. The van der Waals surface area contributed by atoms with E-state index in [-0.39, 0.29) is 11.8 Å². The minimum absolute atomic E-state index is 0.220. The lowest BCUT2D eigenvalue weighted by atomic mass is 10.1. The normalized spacial score (nSPS) is 11.0. The van der Waals surface area contributed by atoms with Crippen LogP contribution in [-0.2, 0) is 11.2 Å². The molecule has 1 heterocycles. The third-order valence-electron chi connectivity index (χ3n) is 4.66. The van der Waals surface area contributed by atoms with Gasteiger partial charge < -0.3 is 10.6 Å². The van der Waals surface area contributed by atoms with Gasteiger partial charge in [-0.25, -0.2) is 4.98 Å². The summed E-state index contributed by atoms with van der Waals surface area (Å²) in [7, 11) is 0. The van der Waals surface area contributed by atoms with Crippen LogP contribution in [0.3, 0.4) is 0 Å². The van der Waals surface area contributed by atoms with Crippen LogP contribution in [0, 0.1) is 0 Å². The molecule has 0 unspecified atom stereocenters. The molecule has 0 saturated carbocycles. The van der Waals surface area contributed by atoms with Crippen molar-refractivity contribution in [3.63, 3.8) is 0 Å². The Morgan fingerprint density at radius 2 is 1.65 bits per heavy atom. The van der Waals surface area contributed by atoms with Crippen molar-refractivity contribution in [2.24, 2.45) is 0 Å². The van der Waals surface area contributed by atoms with Gasteiger partial charge >= 0.3 is 0 Å². The number of carbonyl (C=O) groups excluding carboxylic acids is 2. The van der Waals surface area contributed by atoms with Crippen molar-refractivity contribution >= 4 is 45.1 Å². The molecule has 0 bridgehead atoms. The Bertz CT molecular complexity index is 1200. The first-order chi connectivity index (χ1) is 15.2. The first kappa shape index (κ1) is 20.5. The number of rotatable bonds is 7. The molecule has 0 aliphatic rings. The second kappa shape index (κ2) is 9.82. The molecule has 1 aromatic heterocycles. The first-order valence-corrected chi connectivity index (χ1v) is 10.8. The highest BCUT2D eigenvalue weighted by Crippen LogP contribution is 2.22. The zero-order valence-electron chi connectivity index (χ0n) is 16.7. The van der Waals surface area contributed by atoms with E-state index in [1.54, 1.807) is 30.3 Å². The molecule has 5 nitrogen and oxygen atoms in total. The second-order valence-corrected chi connectivity index (χ2v) is 7.94. The molecule has 31 heavy (non-hydrogen) atoms. The van der Waals surface area contributed by atoms with Crippen molar-refractivity contribution in [1.82, 2.24) is 10.3 Å². The average molecular weight is 428 g/mol. The standard InChI is InChI=1S/C25H21N3O2S/c29-23(14-15-24-28-21-12-6-7-13-22(21)31-24)27-20-11-5-4-10-19(20)25(30)26-17-16-18-8-2-1-3-9-18/h1-15H,16-17H2,(H,26,30)(H,27,29)/b15-14+. The number of thiazole rings is 1. The summed E-state index contributed by atoms with van der Waals surface area (Å²) in [6, 6.07) is 24.8. The number of hydrogen-bond acceptors (Lipinski definition) is 4. The van der Waals surface area contributed by atoms with Crippen LogP contribution in [0.2, 0.25) is 0 Å². The molecular weight excluding hydrogens is 406 g/mol. The van der Waals surface area contributed by atoms with Crippen LogP contribution in [0.15, 0.2) is 84.9 Å². The third kappa shape index (κ3) is 5.43. The van der Waals surface area contributed by atoms with Gasteiger partial charge in [0.2, 0.25) is 5.91 Å². The van der Waals surface area contributed by atoms with Gasteiger partial charge in [0.1, 0.15) is 5.01 Å². The van der Waals surface area contributed by atoms with Gasteiger partial charge in [-0.1, -0.05) is 54.6 Å². The highest BCUT2D eigenvalue weighted by molar-refractivity contribution is 7.19. The summed E-state index contributed by atoms with van der Waals surface area (Å²) < 4.78 is 1.07. The lowest BCUT2D eigenvalue weighted by Gasteiger charge is -2.10. The predicted octanol–water partition coefficient (Wildman–Crippen LogP) is 4.92. The number of para-hydroxylation sites is 2. The molecule has 2 amide bonds. The SMILES string of the molecule is O=C(/C=C/c1nc2ccccc2s1)Nc1ccccc1C(=O)NCCc1ccccc1. The molecule has 0 fully saturated rings. The molecule has 0 atom stereocenters. The number of hydrogen-bond donors (Lipinski definition) is 2. The molecule has 154 valence electrons. The van der Waals surface area contributed by atoms with Crippen molar-refractivity contribution in [3.8, 4) is 0 Å². The van der Waals surface area contributed by atoms with Gasteiger partial charge in [0, 0.05) is 12.6 Å². The van der Waals surface area contributed by atoms with Crippen molar-refractivity contribution in [1.29, 1.82) is 0 Å². The summed E-state index contributed by atoms with van der Waals surface area (Å²) in [6.07, 6.45) is 3.86. The van der Waals surface area contributed by atoms with E-state index >= 15 is 0 Å². The molecule has 2 N–H and O–H groups in total. The molecule has 0 aliphatic carbocycles. The average Bonchev–Trinajstić information content (AvgIpc) is 3.22. The molecule has 3 aromatic carbocycles. The Labute approximate surface area is 184 Å². The van der Waals surface area contributed by atoms with Crippen LogP contribution in [0.25, 0.3) is 16.3 Å². The van der Waals surface area contributed by atoms with E-state index in [0.29, 0.717) is 17.8 Å². The summed E-state index contributed by atoms with van der Waals surface area (Å²) in [5.74, 6) is -0.536. The number of benzene rings is 3. The van der Waals surface area contributed by atoms with Gasteiger partial charge in [0.05, 0.1) is 21.5 Å². The Morgan fingerprint density at radius 3 is 2.48 bits per heavy atom. The van der Waals surface area contributed by atoms with Gasteiger partial charge in [0.15, 0.2) is 0 Å². The van der Waals surface area contributed by atoms with Crippen LogP contribution < -0.4 is 10.6 Å². The van der Waals surface area contributed by atoms with Crippen molar-refractivity contribution < 1.29 is 9.59 Å². The molecular formula is C25H21N3O2S. The zero-order valence-corrected chi connectivity index (χ0v) is 17.6. The summed E-state index contributed by atoms with van der Waals surface area (Å²) in [5.41, 5.74) is 2.96. The number of nitrogens with zero attached hydrogens (tertiary/aromatic N) is 1. The maximum absolute atomic E-state index is 12.6. The summed E-state index contributed by atoms with van der Waals surface area (Å²) in [5, 5.41) is 6.46. The van der Waals surface area contributed by atoms with E-state index in [4.69, 9.17) is 0 Å². The Morgan fingerprint density at radius 1 is 0.903 bits per heavy atom. The quantitative estimate of drug-likeness (QED) is 0.411. The fourth-order valence-corrected chi connectivity index (χ4v) is 4.00. The number of fused-ring (bicyclic) bond motifs is 1. The zero-order chi connectivity index (χ0) is 21.5. The number of nitrogens with one attached hydrogen (secondary N) is 2. The molecule has 6 heteroatoms. The maximum atomic E-state index is 12.6. The van der Waals surface area contributed by atoms with Crippen LogP contribution in [0.5, 0.6) is 0 Å². The Kier molecular flexibility index (Phi) is 6.50. The third-order valence-corrected chi connectivity index (χ3v) is 5.66. The van der Waals surface area contributed by atoms with Crippen molar-refractivity contribution in [2.75, 3.05) is 11.9 Å². The van der Waals surface area contributed by atoms with Gasteiger partial charge in [-0.2, -0.15) is 0 Å². The lowest BCUT2D eigenvalue weighted by molar-refractivity contribution is -0.111. The van der Waals surface area contributed by atoms with E-state index in [1.807, 2.05) is 54.6 Å². The maximum Gasteiger partial charge on any atom is 0.253 e. The van der Waals surface area contributed by atoms with E-state index < -0.39 is 0 Å². The minimum Gasteiger partial charge on any atom is -0.352 e. The van der Waals surface area contributed by atoms with Crippen LogP contribution >= 0.6 is 11.3 Å². The molecule has 0 spiro atoms. The first-order valence-electron chi connectivity index (χ1n) is 9.95. The molecule has 0 aliphatic heterocycles. The predicted molar refractivity (Wildman–Crippen MR) is 126 cm³/mol. The van der Waals surface area contributed by atoms with Gasteiger partial charge in [-0.3, -0.25) is 9.59 Å². The highest BCUT2D eigenvalue weighted by Gasteiger charge is 2.12. The summed E-state index contributed by atoms with van der Waals surface area (Å²) >= 11 is 1.52. The smallest absolute Gasteiger partial charge is 0.253 e. The number of anilines is 1. The Hall–Kier alpha value is -3.77. The van der Waals surface area contributed by atoms with E-state index in [2.05, 4.69) is 15.6 Å². The number of carbonyl (C=O) groups is 2. The largest absolute Gasteiger partial charge is 0.352 e. The van der Waals surface area contributed by atoms with Crippen molar-refractivity contribution in [2.45, 2.75) is 6.42 Å². The van der Waals surface area contributed by atoms with Crippen molar-refractivity contribution in [3.05, 3.63) is 101 Å².